The van der Waals surface area contributed by atoms with Gasteiger partial charge < -0.3 is 30.0 Å². The fourth-order valence-corrected chi connectivity index (χ4v) is 2.44. The van der Waals surface area contributed by atoms with Crippen molar-refractivity contribution in [2.75, 3.05) is 19.0 Å². The average Bonchev–Trinajstić information content (AvgIpc) is 2.92. The Balaban J connectivity index is 1.57. The number of methoxy groups -OCH3 is 1. The lowest BCUT2D eigenvalue weighted by Gasteiger charge is -2.15. The van der Waals surface area contributed by atoms with Crippen LogP contribution in [-0.2, 0) is 0 Å². The maximum Gasteiger partial charge on any atom is 0.586 e. The molecule has 2 aromatic carbocycles. The van der Waals surface area contributed by atoms with Gasteiger partial charge in [-0.1, -0.05) is 18.2 Å². The molecule has 3 rings (SSSR count). The van der Waals surface area contributed by atoms with E-state index in [4.69, 9.17) is 4.74 Å². The number of fused-ring (bicyclic) bond motifs is 1. The number of ether oxygens (including phenoxy) is 3. The van der Waals surface area contributed by atoms with Gasteiger partial charge >= 0.3 is 12.3 Å². The first-order valence-electron chi connectivity index (χ1n) is 7.64. The van der Waals surface area contributed by atoms with Crippen molar-refractivity contribution in [1.82, 2.24) is 5.32 Å². The fraction of sp³-hybridized carbons (Fsp3) is 0.235. The van der Waals surface area contributed by atoms with Gasteiger partial charge in [0.1, 0.15) is 5.75 Å². The Morgan fingerprint density at radius 3 is 2.73 bits per heavy atom. The summed E-state index contributed by atoms with van der Waals surface area (Å²) in [5.41, 5.74) is 0.759. The maximum absolute atomic E-state index is 13.0. The number of carbonyl (C=O) groups excluding carboxylic acids is 1. The zero-order chi connectivity index (χ0) is 18.7. The van der Waals surface area contributed by atoms with E-state index in [1.165, 1.54) is 25.3 Å². The molecule has 0 radical (unpaired) electrons. The Labute approximate surface area is 147 Å². The number of nitrogens with one attached hydrogen (secondary N) is 2. The molecule has 1 aliphatic rings. The molecule has 0 aliphatic carbocycles. The zero-order valence-electron chi connectivity index (χ0n) is 13.7. The van der Waals surface area contributed by atoms with Crippen LogP contribution in [-0.4, -0.2) is 31.1 Å². The molecule has 1 aliphatic heterocycles. The molecule has 26 heavy (non-hydrogen) atoms. The number of rotatable bonds is 5. The van der Waals surface area contributed by atoms with Crippen LogP contribution in [0.5, 0.6) is 17.2 Å². The minimum atomic E-state index is -3.72. The van der Waals surface area contributed by atoms with Crippen LogP contribution in [0.25, 0.3) is 0 Å². The number of anilines is 1. The quantitative estimate of drug-likeness (QED) is 0.757. The predicted molar refractivity (Wildman–Crippen MR) is 87.6 cm³/mol. The van der Waals surface area contributed by atoms with Crippen LogP contribution in [0.1, 0.15) is 11.7 Å². The molecule has 7 nitrogen and oxygen atoms in total. The molecule has 9 heteroatoms. The van der Waals surface area contributed by atoms with Crippen molar-refractivity contribution in [3.8, 4) is 17.2 Å². The van der Waals surface area contributed by atoms with E-state index in [0.717, 1.165) is 0 Å². The van der Waals surface area contributed by atoms with E-state index >= 15 is 0 Å². The van der Waals surface area contributed by atoms with Crippen LogP contribution in [0.3, 0.4) is 0 Å². The van der Waals surface area contributed by atoms with Crippen molar-refractivity contribution in [2.24, 2.45) is 0 Å². The highest BCUT2D eigenvalue weighted by Gasteiger charge is 2.43. The third-order valence-corrected chi connectivity index (χ3v) is 3.61. The highest BCUT2D eigenvalue weighted by Crippen LogP contribution is 2.42. The van der Waals surface area contributed by atoms with Gasteiger partial charge in [-0.25, -0.2) is 4.79 Å². The molecule has 1 heterocycles. The Morgan fingerprint density at radius 1 is 1.23 bits per heavy atom. The number of hydrogen-bond donors (Lipinski definition) is 3. The molecular formula is C17H16F2N2O5. The summed E-state index contributed by atoms with van der Waals surface area (Å²) in [5, 5.41) is 15.1. The van der Waals surface area contributed by atoms with Crippen molar-refractivity contribution in [1.29, 1.82) is 0 Å². The molecule has 0 saturated heterocycles. The number of aliphatic hydroxyl groups excluding tert-OH is 1. The summed E-state index contributed by atoms with van der Waals surface area (Å²) in [6.07, 6.45) is -4.70. The molecule has 138 valence electrons. The lowest BCUT2D eigenvalue weighted by atomic mass is 10.1. The predicted octanol–water partition coefficient (Wildman–Crippen LogP) is 2.87. The minimum absolute atomic E-state index is 0.0746. The molecule has 0 bridgehead atoms. The van der Waals surface area contributed by atoms with Gasteiger partial charge in [0.2, 0.25) is 0 Å². The van der Waals surface area contributed by atoms with Gasteiger partial charge in [0.15, 0.2) is 11.5 Å². The van der Waals surface area contributed by atoms with Crippen molar-refractivity contribution in [3.05, 3.63) is 48.0 Å². The molecule has 2 aromatic rings. The Bertz CT molecular complexity index is 815. The number of urea groups is 1. The van der Waals surface area contributed by atoms with Crippen LogP contribution in [0.2, 0.25) is 0 Å². The molecule has 0 spiro atoms. The van der Waals surface area contributed by atoms with Crippen molar-refractivity contribution < 1.29 is 32.9 Å². The van der Waals surface area contributed by atoms with Gasteiger partial charge in [-0.3, -0.25) is 0 Å². The van der Waals surface area contributed by atoms with E-state index in [1.807, 2.05) is 0 Å². The third-order valence-electron chi connectivity index (χ3n) is 3.61. The van der Waals surface area contributed by atoms with Gasteiger partial charge in [0.05, 0.1) is 13.2 Å². The van der Waals surface area contributed by atoms with E-state index in [2.05, 4.69) is 20.1 Å². The highest BCUT2D eigenvalue weighted by molar-refractivity contribution is 5.89. The summed E-state index contributed by atoms with van der Waals surface area (Å²) in [6, 6.07) is 10.1. The standard InChI is InChI=1S/C17H16F2N2O5/c1-24-13-5-3-2-4-11(13)12(22)9-20-16(23)21-10-6-7-14-15(8-10)26-17(18,19)25-14/h2-8,12,22H,9H2,1H3,(H2,20,21,23). The lowest BCUT2D eigenvalue weighted by Crippen LogP contribution is -2.32. The summed E-state index contributed by atoms with van der Waals surface area (Å²) in [7, 11) is 1.48. The first-order chi connectivity index (χ1) is 12.4. The lowest BCUT2D eigenvalue weighted by molar-refractivity contribution is -0.286. The number of amides is 2. The summed E-state index contributed by atoms with van der Waals surface area (Å²) in [5.74, 6) is 0.202. The van der Waals surface area contributed by atoms with Crippen LogP contribution < -0.4 is 24.8 Å². The fourth-order valence-electron chi connectivity index (χ4n) is 2.44. The van der Waals surface area contributed by atoms with Gasteiger partial charge in [-0.2, -0.15) is 0 Å². The normalized spacial score (nSPS) is 15.2. The Kier molecular flexibility index (Phi) is 4.81. The average molecular weight is 366 g/mol. The second-order valence-electron chi connectivity index (χ2n) is 5.42. The molecule has 1 atom stereocenters. The number of para-hydroxylation sites is 1. The molecule has 0 fully saturated rings. The summed E-state index contributed by atoms with van der Waals surface area (Å²) in [6.45, 7) is -0.0746. The molecule has 1 unspecified atom stereocenters. The van der Waals surface area contributed by atoms with Crippen LogP contribution in [0, 0.1) is 0 Å². The molecule has 0 aromatic heterocycles. The highest BCUT2D eigenvalue weighted by atomic mass is 19.3. The number of halogens is 2. The van der Waals surface area contributed by atoms with E-state index in [-0.39, 0.29) is 23.7 Å². The van der Waals surface area contributed by atoms with E-state index < -0.39 is 18.4 Å². The second kappa shape index (κ2) is 7.04. The Morgan fingerprint density at radius 2 is 1.96 bits per heavy atom. The Hall–Kier alpha value is -3.07. The topological polar surface area (TPSA) is 89.1 Å². The third kappa shape index (κ3) is 3.94. The number of alkyl halides is 2. The van der Waals surface area contributed by atoms with Crippen LogP contribution >= 0.6 is 0 Å². The molecule has 3 N–H and O–H groups in total. The van der Waals surface area contributed by atoms with E-state index in [9.17, 15) is 18.7 Å². The number of hydrogen-bond acceptors (Lipinski definition) is 5. The van der Waals surface area contributed by atoms with E-state index in [1.54, 1.807) is 24.3 Å². The smallest absolute Gasteiger partial charge is 0.496 e. The maximum atomic E-state index is 13.0. The van der Waals surface area contributed by atoms with Gasteiger partial charge in [-0.15, -0.1) is 8.78 Å². The van der Waals surface area contributed by atoms with Gasteiger partial charge in [-0.05, 0) is 18.2 Å². The summed E-state index contributed by atoms with van der Waals surface area (Å²) in [4.78, 5) is 11.9. The van der Waals surface area contributed by atoms with Crippen LogP contribution in [0.4, 0.5) is 19.3 Å². The van der Waals surface area contributed by atoms with Crippen molar-refractivity contribution in [2.45, 2.75) is 12.4 Å². The summed E-state index contributed by atoms with van der Waals surface area (Å²) < 4.78 is 39.7. The van der Waals surface area contributed by atoms with Gasteiger partial charge in [0, 0.05) is 23.9 Å². The number of benzene rings is 2. The van der Waals surface area contributed by atoms with Gasteiger partial charge in [0.25, 0.3) is 0 Å². The number of aliphatic hydroxyl groups is 1. The second-order valence-corrected chi connectivity index (χ2v) is 5.42. The SMILES string of the molecule is COc1ccccc1C(O)CNC(=O)Nc1ccc2c(c1)OC(F)(F)O2. The molecule has 2 amide bonds. The molecular weight excluding hydrogens is 350 g/mol. The first kappa shape index (κ1) is 17.7. The monoisotopic (exact) mass is 366 g/mol. The first-order valence-corrected chi connectivity index (χ1v) is 7.64. The van der Waals surface area contributed by atoms with E-state index in [0.29, 0.717) is 11.3 Å². The van der Waals surface area contributed by atoms with Crippen molar-refractivity contribution >= 4 is 11.7 Å². The summed E-state index contributed by atoms with van der Waals surface area (Å²) >= 11 is 0. The minimum Gasteiger partial charge on any atom is -0.496 e. The van der Waals surface area contributed by atoms with Crippen LogP contribution in [0.15, 0.2) is 42.5 Å². The number of carbonyl (C=O) groups is 1. The molecule has 0 saturated carbocycles. The zero-order valence-corrected chi connectivity index (χ0v) is 13.7. The largest absolute Gasteiger partial charge is 0.586 e. The van der Waals surface area contributed by atoms with Crippen molar-refractivity contribution in [3.63, 3.8) is 0 Å².